The fourth-order valence-corrected chi connectivity index (χ4v) is 0.842. The monoisotopic (exact) mass is 191 g/mol. The largest absolute Gasteiger partial charge is 0.379 e. The molecule has 1 aliphatic heterocycles. The van der Waals surface area contributed by atoms with Gasteiger partial charge in [0.15, 0.2) is 0 Å². The summed E-state index contributed by atoms with van der Waals surface area (Å²) in [5.41, 5.74) is 0.747. The van der Waals surface area contributed by atoms with Crippen molar-refractivity contribution in [3.05, 3.63) is 5.70 Å². The van der Waals surface area contributed by atoms with Crippen molar-refractivity contribution in [2.45, 2.75) is 19.3 Å². The second-order valence-electron chi connectivity index (χ2n) is 1.96. The van der Waals surface area contributed by atoms with Crippen LogP contribution in [0.5, 0.6) is 0 Å². The normalized spacial score (nSPS) is 17.1. The van der Waals surface area contributed by atoms with Crippen LogP contribution in [0.2, 0.25) is 0 Å². The predicted octanol–water partition coefficient (Wildman–Crippen LogP) is 1.05. The lowest BCUT2D eigenvalue weighted by Gasteiger charge is -2.11. The zero-order valence-corrected chi connectivity index (χ0v) is 6.86. The Labute approximate surface area is 65.1 Å². The maximum atomic E-state index is 9.94. The first-order valence-corrected chi connectivity index (χ1v) is 2.91. The topological polar surface area (TPSA) is 29.1 Å². The predicted molar refractivity (Wildman–Crippen MR) is 41.4 cm³/mol. The summed E-state index contributed by atoms with van der Waals surface area (Å²) in [6.45, 7) is 0.949. The quantitative estimate of drug-likeness (QED) is 0.581. The summed E-state index contributed by atoms with van der Waals surface area (Å²) in [5, 5.41) is 2.96. The minimum Gasteiger partial charge on any atom is -0.379 e. The molecule has 9 heavy (non-hydrogen) atoms. The van der Waals surface area contributed by atoms with E-state index in [0.717, 1.165) is 25.1 Å². The SMILES string of the molecule is Br.O=C=C1CCCCN1. The van der Waals surface area contributed by atoms with Gasteiger partial charge in [-0.1, -0.05) is 0 Å². The lowest BCUT2D eigenvalue weighted by atomic mass is 10.1. The van der Waals surface area contributed by atoms with Crippen LogP contribution in [-0.2, 0) is 4.79 Å². The van der Waals surface area contributed by atoms with E-state index in [1.807, 2.05) is 5.94 Å². The Balaban J connectivity index is 0.000000640. The molecule has 0 aromatic rings. The molecule has 1 N–H and O–H groups in total. The molecule has 52 valence electrons. The highest BCUT2D eigenvalue weighted by atomic mass is 79.9. The van der Waals surface area contributed by atoms with Gasteiger partial charge in [0.25, 0.3) is 0 Å². The number of rotatable bonds is 0. The van der Waals surface area contributed by atoms with Crippen molar-refractivity contribution < 1.29 is 4.79 Å². The van der Waals surface area contributed by atoms with E-state index in [4.69, 9.17) is 0 Å². The Morgan fingerprint density at radius 1 is 1.44 bits per heavy atom. The lowest BCUT2D eigenvalue weighted by Crippen LogP contribution is -2.19. The molecule has 0 saturated carbocycles. The summed E-state index contributed by atoms with van der Waals surface area (Å²) in [4.78, 5) is 9.94. The molecule has 2 nitrogen and oxygen atoms in total. The Kier molecular flexibility index (Phi) is 4.46. The van der Waals surface area contributed by atoms with Gasteiger partial charge in [0.05, 0.1) is 5.70 Å². The van der Waals surface area contributed by atoms with Gasteiger partial charge in [0, 0.05) is 6.54 Å². The summed E-state index contributed by atoms with van der Waals surface area (Å²) in [5.74, 6) is 1.86. The van der Waals surface area contributed by atoms with Crippen LogP contribution in [0.15, 0.2) is 5.70 Å². The summed E-state index contributed by atoms with van der Waals surface area (Å²) >= 11 is 0. The molecule has 1 rings (SSSR count). The van der Waals surface area contributed by atoms with Gasteiger partial charge in [-0.25, -0.2) is 4.79 Å². The number of hydrogen-bond acceptors (Lipinski definition) is 2. The molecule has 0 radical (unpaired) electrons. The van der Waals surface area contributed by atoms with E-state index in [1.54, 1.807) is 0 Å². The zero-order valence-electron chi connectivity index (χ0n) is 5.14. The number of piperidine rings is 1. The van der Waals surface area contributed by atoms with Crippen LogP contribution in [-0.4, -0.2) is 12.5 Å². The van der Waals surface area contributed by atoms with Crippen molar-refractivity contribution in [2.75, 3.05) is 6.54 Å². The van der Waals surface area contributed by atoms with Crippen molar-refractivity contribution in [1.82, 2.24) is 5.32 Å². The lowest BCUT2D eigenvalue weighted by molar-refractivity contribution is 0.547. The number of halogens is 1. The Morgan fingerprint density at radius 3 is 2.56 bits per heavy atom. The Bertz CT molecular complexity index is 121. The third-order valence-electron chi connectivity index (χ3n) is 1.32. The first-order valence-electron chi connectivity index (χ1n) is 2.91. The second kappa shape index (κ2) is 4.59. The second-order valence-corrected chi connectivity index (χ2v) is 1.96. The summed E-state index contributed by atoms with van der Waals surface area (Å²) in [6, 6.07) is 0. The van der Waals surface area contributed by atoms with E-state index in [-0.39, 0.29) is 17.0 Å². The molecular formula is C6H10BrNO. The molecular weight excluding hydrogens is 182 g/mol. The first kappa shape index (κ1) is 8.73. The highest BCUT2D eigenvalue weighted by molar-refractivity contribution is 8.93. The van der Waals surface area contributed by atoms with Crippen molar-refractivity contribution in [3.63, 3.8) is 0 Å². The van der Waals surface area contributed by atoms with E-state index < -0.39 is 0 Å². The van der Waals surface area contributed by atoms with Gasteiger partial charge >= 0.3 is 0 Å². The van der Waals surface area contributed by atoms with E-state index >= 15 is 0 Å². The number of hydrogen-bond donors (Lipinski definition) is 1. The van der Waals surface area contributed by atoms with Crippen LogP contribution < -0.4 is 5.32 Å². The molecule has 3 heteroatoms. The fourth-order valence-electron chi connectivity index (χ4n) is 0.842. The standard InChI is InChI=1S/C6H9NO.BrH/c8-5-6-3-1-2-4-7-6;/h7H,1-4H2;1H. The first-order chi connectivity index (χ1) is 3.93. The Hall–Kier alpha value is -0.270. The molecule has 1 heterocycles. The van der Waals surface area contributed by atoms with Crippen LogP contribution in [0.25, 0.3) is 0 Å². The molecule has 1 saturated heterocycles. The van der Waals surface area contributed by atoms with Crippen LogP contribution in [0, 0.1) is 0 Å². The van der Waals surface area contributed by atoms with Crippen molar-refractivity contribution in [2.24, 2.45) is 0 Å². The molecule has 1 fully saturated rings. The van der Waals surface area contributed by atoms with E-state index in [9.17, 15) is 4.79 Å². The molecule has 0 atom stereocenters. The fraction of sp³-hybridized carbons (Fsp3) is 0.667. The van der Waals surface area contributed by atoms with Gasteiger partial charge in [-0.15, -0.1) is 17.0 Å². The van der Waals surface area contributed by atoms with Gasteiger partial charge in [0.1, 0.15) is 5.94 Å². The molecule has 0 spiro atoms. The Morgan fingerprint density at radius 2 is 2.22 bits per heavy atom. The minimum atomic E-state index is 0. The highest BCUT2D eigenvalue weighted by Crippen LogP contribution is 2.05. The summed E-state index contributed by atoms with van der Waals surface area (Å²) in [7, 11) is 0. The van der Waals surface area contributed by atoms with Gasteiger partial charge < -0.3 is 5.32 Å². The number of nitrogens with one attached hydrogen (secondary N) is 1. The molecule has 0 bridgehead atoms. The number of allylic oxidation sites excluding steroid dienone is 1. The maximum Gasteiger partial charge on any atom is 0.145 e. The molecule has 1 aliphatic rings. The minimum absolute atomic E-state index is 0. The molecule has 0 aromatic heterocycles. The van der Waals surface area contributed by atoms with Crippen LogP contribution in [0.4, 0.5) is 0 Å². The van der Waals surface area contributed by atoms with Gasteiger partial charge in [-0.3, -0.25) is 0 Å². The molecule has 0 aromatic carbocycles. The zero-order chi connectivity index (χ0) is 5.82. The summed E-state index contributed by atoms with van der Waals surface area (Å²) < 4.78 is 0. The highest BCUT2D eigenvalue weighted by Gasteiger charge is 2.02. The van der Waals surface area contributed by atoms with Crippen molar-refractivity contribution in [1.29, 1.82) is 0 Å². The van der Waals surface area contributed by atoms with Crippen molar-refractivity contribution >= 4 is 22.9 Å². The van der Waals surface area contributed by atoms with Crippen LogP contribution >= 0.6 is 17.0 Å². The molecule has 0 aliphatic carbocycles. The van der Waals surface area contributed by atoms with Crippen molar-refractivity contribution in [3.8, 4) is 0 Å². The average Bonchev–Trinajstić information content (AvgIpc) is 1.90. The van der Waals surface area contributed by atoms with Gasteiger partial charge in [-0.05, 0) is 19.3 Å². The number of carbonyl (C=O) groups excluding carboxylic acids is 1. The van der Waals surface area contributed by atoms with E-state index in [1.165, 1.54) is 6.42 Å². The molecule has 0 unspecified atom stereocenters. The molecule has 0 amide bonds. The van der Waals surface area contributed by atoms with E-state index in [2.05, 4.69) is 5.32 Å². The van der Waals surface area contributed by atoms with E-state index in [0.29, 0.717) is 0 Å². The van der Waals surface area contributed by atoms with Gasteiger partial charge in [0.2, 0.25) is 0 Å². The van der Waals surface area contributed by atoms with Crippen LogP contribution in [0.1, 0.15) is 19.3 Å². The third-order valence-corrected chi connectivity index (χ3v) is 1.32. The van der Waals surface area contributed by atoms with Crippen LogP contribution in [0.3, 0.4) is 0 Å². The maximum absolute atomic E-state index is 9.94. The smallest absolute Gasteiger partial charge is 0.145 e. The average molecular weight is 192 g/mol. The third kappa shape index (κ3) is 2.68. The van der Waals surface area contributed by atoms with Gasteiger partial charge in [-0.2, -0.15) is 0 Å². The summed E-state index contributed by atoms with van der Waals surface area (Å²) in [6.07, 6.45) is 3.21.